The average molecular weight is 363 g/mol. The van der Waals surface area contributed by atoms with Gasteiger partial charge in [0.2, 0.25) is 0 Å². The van der Waals surface area contributed by atoms with Crippen molar-refractivity contribution in [2.24, 2.45) is 5.92 Å². The third-order valence-electron chi connectivity index (χ3n) is 4.11. The van der Waals surface area contributed by atoms with Crippen LogP contribution in [0.4, 0.5) is 4.39 Å². The van der Waals surface area contributed by atoms with E-state index in [1.54, 1.807) is 6.07 Å². The molecule has 0 radical (unpaired) electrons. The van der Waals surface area contributed by atoms with E-state index < -0.39 is 0 Å². The molecule has 1 fully saturated rings. The molecule has 0 heterocycles. The molecule has 1 nitrogen and oxygen atoms in total. The third-order valence-corrected chi connectivity index (χ3v) is 5.31. The smallest absolute Gasteiger partial charge is 0.129 e. The maximum atomic E-state index is 14.3. The van der Waals surface area contributed by atoms with E-state index in [2.05, 4.69) is 28.2 Å². The van der Waals surface area contributed by atoms with E-state index in [0.717, 1.165) is 18.5 Å². The lowest BCUT2D eigenvalue weighted by Gasteiger charge is -2.32. The normalized spacial score (nSPS) is 18.2. The average Bonchev–Trinajstić information content (AvgIpc) is 2.45. The molecule has 1 aromatic rings. The van der Waals surface area contributed by atoms with Crippen LogP contribution in [0.5, 0.6) is 0 Å². The largest absolute Gasteiger partial charge is 0.310 e. The van der Waals surface area contributed by atoms with Gasteiger partial charge in [-0.05, 0) is 59.8 Å². The Morgan fingerprint density at radius 3 is 2.70 bits per heavy atom. The lowest BCUT2D eigenvalue weighted by atomic mass is 9.81. The molecule has 1 N–H and O–H groups in total. The lowest BCUT2D eigenvalue weighted by molar-refractivity contribution is 0.267. The highest BCUT2D eigenvalue weighted by molar-refractivity contribution is 9.10. The monoisotopic (exact) mass is 361 g/mol. The van der Waals surface area contributed by atoms with Crippen LogP contribution in [0.1, 0.15) is 57.1 Å². The molecule has 1 unspecified atom stereocenters. The molecule has 1 aliphatic carbocycles. The summed E-state index contributed by atoms with van der Waals surface area (Å²) >= 11 is 9.45. The number of halogens is 3. The van der Waals surface area contributed by atoms with Crippen molar-refractivity contribution in [3.63, 3.8) is 0 Å². The molecule has 1 atom stereocenters. The Morgan fingerprint density at radius 1 is 1.35 bits per heavy atom. The Morgan fingerprint density at radius 2 is 2.05 bits per heavy atom. The highest BCUT2D eigenvalue weighted by atomic mass is 79.9. The third kappa shape index (κ3) is 3.96. The fourth-order valence-electron chi connectivity index (χ4n) is 3.07. The summed E-state index contributed by atoms with van der Waals surface area (Å²) in [5.41, 5.74) is 0.721. The molecular formula is C16H22BrClFN. The highest BCUT2D eigenvalue weighted by Crippen LogP contribution is 2.37. The summed E-state index contributed by atoms with van der Waals surface area (Å²) in [4.78, 5) is 0. The van der Waals surface area contributed by atoms with Crippen molar-refractivity contribution < 1.29 is 4.39 Å². The van der Waals surface area contributed by atoms with Gasteiger partial charge in [-0.2, -0.15) is 0 Å². The van der Waals surface area contributed by atoms with Crippen LogP contribution >= 0.6 is 27.5 Å². The Kier molecular flexibility index (Phi) is 6.31. The molecule has 0 saturated heterocycles. The molecule has 2 rings (SSSR count). The molecule has 1 aromatic carbocycles. The van der Waals surface area contributed by atoms with E-state index in [1.165, 1.54) is 38.2 Å². The molecule has 0 aromatic heterocycles. The van der Waals surface area contributed by atoms with Crippen molar-refractivity contribution in [2.45, 2.75) is 51.5 Å². The van der Waals surface area contributed by atoms with E-state index in [1.807, 2.05) is 0 Å². The SMILES string of the molecule is CCCNC(c1cc(Cl)c(Br)cc1F)C1CCCCC1. The van der Waals surface area contributed by atoms with Crippen LogP contribution in [0.25, 0.3) is 0 Å². The van der Waals surface area contributed by atoms with Crippen molar-refractivity contribution in [1.29, 1.82) is 0 Å². The van der Waals surface area contributed by atoms with Crippen LogP contribution in [0.2, 0.25) is 5.02 Å². The van der Waals surface area contributed by atoms with E-state index in [4.69, 9.17) is 11.6 Å². The first kappa shape index (κ1) is 16.3. The van der Waals surface area contributed by atoms with Gasteiger partial charge in [0.15, 0.2) is 0 Å². The fraction of sp³-hybridized carbons (Fsp3) is 0.625. The first-order valence-electron chi connectivity index (χ1n) is 7.51. The van der Waals surface area contributed by atoms with E-state index >= 15 is 0 Å². The maximum Gasteiger partial charge on any atom is 0.129 e. The van der Waals surface area contributed by atoms with Crippen LogP contribution in [-0.4, -0.2) is 6.54 Å². The van der Waals surface area contributed by atoms with Crippen molar-refractivity contribution >= 4 is 27.5 Å². The van der Waals surface area contributed by atoms with Gasteiger partial charge >= 0.3 is 0 Å². The second-order valence-electron chi connectivity index (χ2n) is 5.62. The van der Waals surface area contributed by atoms with Crippen LogP contribution in [0.15, 0.2) is 16.6 Å². The number of benzene rings is 1. The summed E-state index contributed by atoms with van der Waals surface area (Å²) in [6, 6.07) is 3.35. The van der Waals surface area contributed by atoms with Gasteiger partial charge in [0.1, 0.15) is 5.82 Å². The maximum absolute atomic E-state index is 14.3. The Hall–Kier alpha value is -0.120. The van der Waals surface area contributed by atoms with Crippen LogP contribution in [-0.2, 0) is 0 Å². The first-order valence-corrected chi connectivity index (χ1v) is 8.68. The molecule has 20 heavy (non-hydrogen) atoms. The number of nitrogens with one attached hydrogen (secondary N) is 1. The quantitative estimate of drug-likeness (QED) is 0.647. The molecule has 4 heteroatoms. The second-order valence-corrected chi connectivity index (χ2v) is 6.88. The zero-order chi connectivity index (χ0) is 14.5. The van der Waals surface area contributed by atoms with E-state index in [-0.39, 0.29) is 11.9 Å². The number of hydrogen-bond donors (Lipinski definition) is 1. The lowest BCUT2D eigenvalue weighted by Crippen LogP contribution is -2.31. The van der Waals surface area contributed by atoms with Crippen molar-refractivity contribution in [3.05, 3.63) is 33.0 Å². The Bertz CT molecular complexity index is 446. The fourth-order valence-corrected chi connectivity index (χ4v) is 3.56. The zero-order valence-electron chi connectivity index (χ0n) is 11.9. The van der Waals surface area contributed by atoms with Crippen molar-refractivity contribution in [2.75, 3.05) is 6.54 Å². The van der Waals surface area contributed by atoms with Gasteiger partial charge in [0, 0.05) is 16.1 Å². The van der Waals surface area contributed by atoms with Gasteiger partial charge in [-0.15, -0.1) is 0 Å². The summed E-state index contributed by atoms with van der Waals surface area (Å²) in [5.74, 6) is 0.350. The molecule has 1 saturated carbocycles. The van der Waals surface area contributed by atoms with Crippen LogP contribution in [0, 0.1) is 11.7 Å². The minimum absolute atomic E-state index is 0.0841. The topological polar surface area (TPSA) is 12.0 Å². The second kappa shape index (κ2) is 7.77. The summed E-state index contributed by atoms with van der Waals surface area (Å²) < 4.78 is 15.0. The summed E-state index contributed by atoms with van der Waals surface area (Å²) in [7, 11) is 0. The molecule has 0 amide bonds. The van der Waals surface area contributed by atoms with Gasteiger partial charge < -0.3 is 5.32 Å². The van der Waals surface area contributed by atoms with Crippen molar-refractivity contribution in [3.8, 4) is 0 Å². The van der Waals surface area contributed by atoms with E-state index in [9.17, 15) is 4.39 Å². The summed E-state index contributed by atoms with van der Waals surface area (Å²) in [6.45, 7) is 3.05. The minimum atomic E-state index is -0.166. The van der Waals surface area contributed by atoms with Gasteiger partial charge in [-0.25, -0.2) is 4.39 Å². The van der Waals surface area contributed by atoms with Gasteiger partial charge in [-0.3, -0.25) is 0 Å². The van der Waals surface area contributed by atoms with Crippen LogP contribution < -0.4 is 5.32 Å². The molecule has 0 bridgehead atoms. The molecule has 1 aliphatic rings. The van der Waals surface area contributed by atoms with Gasteiger partial charge in [-0.1, -0.05) is 37.8 Å². The predicted molar refractivity (Wildman–Crippen MR) is 86.7 cm³/mol. The van der Waals surface area contributed by atoms with Gasteiger partial charge in [0.05, 0.1) is 5.02 Å². The molecule has 112 valence electrons. The molecular weight excluding hydrogens is 341 g/mol. The summed E-state index contributed by atoms with van der Waals surface area (Å²) in [5, 5.41) is 4.11. The first-order chi connectivity index (χ1) is 9.63. The zero-order valence-corrected chi connectivity index (χ0v) is 14.2. The summed E-state index contributed by atoms with van der Waals surface area (Å²) in [6.07, 6.45) is 7.21. The number of hydrogen-bond acceptors (Lipinski definition) is 1. The molecule has 0 spiro atoms. The standard InChI is InChI=1S/C16H22BrClFN/c1-2-8-20-16(11-6-4-3-5-7-11)12-9-14(18)13(17)10-15(12)19/h9-11,16,20H,2-8H2,1H3. The predicted octanol–water partition coefficient (Wildman–Crippen LogP) is 5.86. The van der Waals surface area contributed by atoms with E-state index in [0.29, 0.717) is 15.4 Å². The Balaban J connectivity index is 2.27. The van der Waals surface area contributed by atoms with Gasteiger partial charge in [0.25, 0.3) is 0 Å². The van der Waals surface area contributed by atoms with Crippen molar-refractivity contribution in [1.82, 2.24) is 5.32 Å². The number of rotatable bonds is 5. The molecule has 0 aliphatic heterocycles. The Labute approximate surface area is 134 Å². The highest BCUT2D eigenvalue weighted by Gasteiger charge is 2.27. The van der Waals surface area contributed by atoms with Crippen LogP contribution in [0.3, 0.4) is 0 Å². The minimum Gasteiger partial charge on any atom is -0.310 e.